The molecule has 0 aliphatic carbocycles. The summed E-state index contributed by atoms with van der Waals surface area (Å²) in [5.74, 6) is -2.14. The van der Waals surface area contributed by atoms with Gasteiger partial charge in [0.25, 0.3) is 5.91 Å². The molecule has 0 unspecified atom stereocenters. The molecule has 2 amide bonds. The fourth-order valence-electron chi connectivity index (χ4n) is 3.48. The van der Waals surface area contributed by atoms with Gasteiger partial charge in [0.1, 0.15) is 6.07 Å². The van der Waals surface area contributed by atoms with Crippen molar-refractivity contribution in [3.63, 3.8) is 0 Å². The molecular weight excluding hydrogens is 422 g/mol. The van der Waals surface area contributed by atoms with E-state index in [1.165, 1.54) is 30.1 Å². The Morgan fingerprint density at radius 1 is 1.06 bits per heavy atom. The molecule has 4 rings (SSSR count). The van der Waals surface area contributed by atoms with Gasteiger partial charge in [-0.25, -0.2) is 9.31 Å². The van der Waals surface area contributed by atoms with Crippen molar-refractivity contribution in [2.45, 2.75) is 0 Å². The van der Waals surface area contributed by atoms with Gasteiger partial charge in [-0.05, 0) is 48.0 Å². The summed E-state index contributed by atoms with van der Waals surface area (Å²) in [6.07, 6.45) is 3.31. The van der Waals surface area contributed by atoms with Gasteiger partial charge in [-0.15, -0.1) is 0 Å². The zero-order valence-corrected chi connectivity index (χ0v) is 17.4. The summed E-state index contributed by atoms with van der Waals surface area (Å²) in [4.78, 5) is 37.2. The maximum atomic E-state index is 13.1. The average molecular weight is 439 g/mol. The number of anilines is 1. The number of rotatable bonds is 5. The van der Waals surface area contributed by atoms with E-state index in [2.05, 4.69) is 5.10 Å². The number of nitriles is 1. The highest BCUT2D eigenvalue weighted by atomic mass is 16.4. The number of carboxylic acids is 1. The Balaban J connectivity index is 1.70. The normalized spacial score (nSPS) is 10.5. The topological polar surface area (TPSA) is 142 Å². The second-order valence-electron chi connectivity index (χ2n) is 7.26. The molecule has 0 atom stereocenters. The molecule has 4 aromatic rings. The molecular formula is C24H17N5O4. The first-order chi connectivity index (χ1) is 15.8. The van der Waals surface area contributed by atoms with Gasteiger partial charge in [-0.1, -0.05) is 12.1 Å². The summed E-state index contributed by atoms with van der Waals surface area (Å²) < 4.78 is 1.62. The number of aromatic carboxylic acids is 1. The number of aromatic nitrogens is 2. The molecule has 162 valence electrons. The maximum absolute atomic E-state index is 13.1. The minimum atomic E-state index is -1.25. The minimum Gasteiger partial charge on any atom is -0.478 e. The lowest BCUT2D eigenvalue weighted by molar-refractivity contribution is 0.0696. The summed E-state index contributed by atoms with van der Waals surface area (Å²) in [6, 6.07) is 16.1. The van der Waals surface area contributed by atoms with Crippen LogP contribution in [-0.2, 0) is 0 Å². The van der Waals surface area contributed by atoms with Crippen molar-refractivity contribution in [3.05, 3.63) is 89.2 Å². The molecule has 0 bridgehead atoms. The maximum Gasteiger partial charge on any atom is 0.337 e. The summed E-state index contributed by atoms with van der Waals surface area (Å²) in [6.45, 7) is 0. The van der Waals surface area contributed by atoms with E-state index in [1.807, 2.05) is 6.07 Å². The number of nitrogens with two attached hydrogens (primary N) is 1. The van der Waals surface area contributed by atoms with Crippen LogP contribution in [0.5, 0.6) is 0 Å². The Hall–Kier alpha value is -4.97. The van der Waals surface area contributed by atoms with Crippen LogP contribution in [0.15, 0.2) is 67.0 Å². The first-order valence-corrected chi connectivity index (χ1v) is 9.73. The number of hydrogen-bond donors (Lipinski definition) is 2. The number of pyridine rings is 1. The van der Waals surface area contributed by atoms with Gasteiger partial charge in [0.05, 0.1) is 22.8 Å². The molecule has 3 N–H and O–H groups in total. The van der Waals surface area contributed by atoms with Crippen LogP contribution in [0.1, 0.15) is 36.6 Å². The van der Waals surface area contributed by atoms with Gasteiger partial charge in [0, 0.05) is 35.6 Å². The van der Waals surface area contributed by atoms with Crippen molar-refractivity contribution < 1.29 is 19.5 Å². The quantitative estimate of drug-likeness (QED) is 0.490. The van der Waals surface area contributed by atoms with Crippen LogP contribution >= 0.6 is 0 Å². The highest BCUT2D eigenvalue weighted by molar-refractivity contribution is 6.07. The molecule has 0 fully saturated rings. The average Bonchev–Trinajstić information content (AvgIpc) is 3.26. The van der Waals surface area contributed by atoms with Crippen molar-refractivity contribution in [1.29, 1.82) is 5.26 Å². The third-order valence-corrected chi connectivity index (χ3v) is 5.29. The van der Waals surface area contributed by atoms with Crippen molar-refractivity contribution in [2.24, 2.45) is 5.73 Å². The molecule has 33 heavy (non-hydrogen) atoms. The lowest BCUT2D eigenvalue weighted by atomic mass is 10.0. The standard InChI is InChI=1S/C24H17N5O4/c1-28(18-7-6-17(12-25)19(11-18)24(32)33)23(31)16-8-9-29-21(10-16)20(13-27-29)14-2-4-15(5-3-14)22(26)30/h2-11,13H,1H3,(H2,26,30)(H,32,33). The molecule has 0 spiro atoms. The van der Waals surface area contributed by atoms with E-state index in [9.17, 15) is 19.5 Å². The molecule has 0 saturated heterocycles. The second kappa shape index (κ2) is 8.28. The van der Waals surface area contributed by atoms with E-state index >= 15 is 0 Å². The Labute approximate surface area is 187 Å². The molecule has 2 heterocycles. The summed E-state index contributed by atoms with van der Waals surface area (Å²) >= 11 is 0. The number of carbonyl (C=O) groups is 3. The third kappa shape index (κ3) is 3.88. The number of amides is 2. The van der Waals surface area contributed by atoms with Crippen LogP contribution in [0.3, 0.4) is 0 Å². The monoisotopic (exact) mass is 439 g/mol. The molecule has 2 aromatic carbocycles. The molecule has 2 aromatic heterocycles. The van der Waals surface area contributed by atoms with Crippen LogP contribution in [0.2, 0.25) is 0 Å². The number of nitrogens with zero attached hydrogens (tertiary/aromatic N) is 4. The highest BCUT2D eigenvalue weighted by Gasteiger charge is 2.19. The van der Waals surface area contributed by atoms with Crippen LogP contribution < -0.4 is 10.6 Å². The SMILES string of the molecule is CN(C(=O)c1ccn2ncc(-c3ccc(C(N)=O)cc3)c2c1)c1ccc(C#N)c(C(=O)O)c1. The molecule has 0 saturated carbocycles. The van der Waals surface area contributed by atoms with Crippen molar-refractivity contribution in [2.75, 3.05) is 11.9 Å². The summed E-state index contributed by atoms with van der Waals surface area (Å²) in [5, 5.41) is 22.8. The van der Waals surface area contributed by atoms with E-state index < -0.39 is 11.9 Å². The zero-order valence-electron chi connectivity index (χ0n) is 17.4. The number of carbonyl (C=O) groups excluding carboxylic acids is 2. The van der Waals surface area contributed by atoms with Gasteiger partial charge < -0.3 is 15.7 Å². The van der Waals surface area contributed by atoms with Crippen LogP contribution in [0.4, 0.5) is 5.69 Å². The predicted octanol–water partition coefficient (Wildman–Crippen LogP) is 2.95. The van der Waals surface area contributed by atoms with Crippen LogP contribution in [0, 0.1) is 11.3 Å². The van der Waals surface area contributed by atoms with E-state index in [-0.39, 0.29) is 17.0 Å². The van der Waals surface area contributed by atoms with E-state index in [0.29, 0.717) is 22.3 Å². The van der Waals surface area contributed by atoms with E-state index in [1.54, 1.807) is 53.3 Å². The lowest BCUT2D eigenvalue weighted by Crippen LogP contribution is -2.26. The molecule has 9 heteroatoms. The van der Waals surface area contributed by atoms with E-state index in [4.69, 9.17) is 11.0 Å². The number of hydrogen-bond acceptors (Lipinski definition) is 5. The highest BCUT2D eigenvalue weighted by Crippen LogP contribution is 2.27. The first kappa shape index (κ1) is 21.3. The Kier molecular flexibility index (Phi) is 5.34. The lowest BCUT2D eigenvalue weighted by Gasteiger charge is -2.18. The Bertz CT molecular complexity index is 1460. The van der Waals surface area contributed by atoms with Crippen molar-refractivity contribution in [1.82, 2.24) is 9.61 Å². The van der Waals surface area contributed by atoms with Gasteiger partial charge >= 0.3 is 5.97 Å². The fourth-order valence-corrected chi connectivity index (χ4v) is 3.48. The number of fused-ring (bicyclic) bond motifs is 1. The van der Waals surface area contributed by atoms with Gasteiger partial charge in [-0.2, -0.15) is 10.4 Å². The van der Waals surface area contributed by atoms with Gasteiger partial charge in [-0.3, -0.25) is 9.59 Å². The fraction of sp³-hybridized carbons (Fsp3) is 0.0417. The molecule has 9 nitrogen and oxygen atoms in total. The smallest absolute Gasteiger partial charge is 0.337 e. The Morgan fingerprint density at radius 3 is 2.42 bits per heavy atom. The minimum absolute atomic E-state index is 0.0137. The number of benzene rings is 2. The largest absolute Gasteiger partial charge is 0.478 e. The summed E-state index contributed by atoms with van der Waals surface area (Å²) in [7, 11) is 1.53. The number of carboxylic acid groups (broad SMARTS) is 1. The van der Waals surface area contributed by atoms with Gasteiger partial charge in [0.15, 0.2) is 0 Å². The second-order valence-corrected chi connectivity index (χ2v) is 7.26. The van der Waals surface area contributed by atoms with E-state index in [0.717, 1.165) is 11.1 Å². The molecule has 0 aliphatic rings. The third-order valence-electron chi connectivity index (χ3n) is 5.29. The zero-order chi connectivity index (χ0) is 23.7. The van der Waals surface area contributed by atoms with Crippen molar-refractivity contribution >= 4 is 29.0 Å². The van der Waals surface area contributed by atoms with Crippen molar-refractivity contribution in [3.8, 4) is 17.2 Å². The van der Waals surface area contributed by atoms with Gasteiger partial charge in [0.2, 0.25) is 5.91 Å². The van der Waals surface area contributed by atoms with Crippen LogP contribution in [-0.4, -0.2) is 39.6 Å². The molecule has 0 aliphatic heterocycles. The first-order valence-electron chi connectivity index (χ1n) is 9.73. The number of primary amides is 1. The van der Waals surface area contributed by atoms with Crippen LogP contribution in [0.25, 0.3) is 16.6 Å². The molecule has 0 radical (unpaired) electrons. The summed E-state index contributed by atoms with van der Waals surface area (Å²) in [5.41, 5.74) is 8.45. The predicted molar refractivity (Wildman–Crippen MR) is 120 cm³/mol. The Morgan fingerprint density at radius 2 is 1.79 bits per heavy atom.